The molecule has 0 atom stereocenters. The van der Waals surface area contributed by atoms with Crippen LogP contribution in [0.3, 0.4) is 0 Å². The van der Waals surface area contributed by atoms with Crippen molar-refractivity contribution >= 4 is 5.78 Å². The minimum atomic E-state index is -0.274. The molecule has 4 nitrogen and oxygen atoms in total. The highest BCUT2D eigenvalue weighted by Crippen LogP contribution is 2.28. The molecule has 106 valence electrons. The predicted octanol–water partition coefficient (Wildman–Crippen LogP) is 3.60. The maximum absolute atomic E-state index is 14.1. The van der Waals surface area contributed by atoms with Crippen molar-refractivity contribution in [1.29, 1.82) is 0 Å². The van der Waals surface area contributed by atoms with Crippen molar-refractivity contribution in [1.82, 2.24) is 19.4 Å². The first-order valence-electron chi connectivity index (χ1n) is 6.81. The fourth-order valence-electron chi connectivity index (χ4n) is 2.47. The Morgan fingerprint density at radius 3 is 2.73 bits per heavy atom. The number of rotatable bonds is 2. The number of hydrogen-bond acceptors (Lipinski definition) is 3. The van der Waals surface area contributed by atoms with Gasteiger partial charge in [-0.3, -0.25) is 9.38 Å². The summed E-state index contributed by atoms with van der Waals surface area (Å²) in [6.07, 6.45) is 8.64. The van der Waals surface area contributed by atoms with Gasteiger partial charge in [-0.25, -0.2) is 14.4 Å². The quantitative estimate of drug-likeness (QED) is 0.566. The molecule has 4 rings (SSSR count). The summed E-state index contributed by atoms with van der Waals surface area (Å²) in [5.74, 6) is 0.341. The first-order valence-corrected chi connectivity index (χ1v) is 6.81. The van der Waals surface area contributed by atoms with Crippen LogP contribution in [0.5, 0.6) is 0 Å². The van der Waals surface area contributed by atoms with Crippen LogP contribution in [0.1, 0.15) is 0 Å². The largest absolute Gasteiger partial charge is 0.284 e. The summed E-state index contributed by atoms with van der Waals surface area (Å²) in [5.41, 5.74) is 3.01. The van der Waals surface area contributed by atoms with E-state index in [9.17, 15) is 4.39 Å². The van der Waals surface area contributed by atoms with E-state index < -0.39 is 0 Å². The van der Waals surface area contributed by atoms with Crippen LogP contribution in [0.4, 0.5) is 4.39 Å². The van der Waals surface area contributed by atoms with Crippen LogP contribution in [0.2, 0.25) is 0 Å². The van der Waals surface area contributed by atoms with Gasteiger partial charge in [-0.05, 0) is 30.3 Å². The van der Waals surface area contributed by atoms with E-state index in [1.165, 1.54) is 6.07 Å². The smallest absolute Gasteiger partial charge is 0.234 e. The molecule has 5 heteroatoms. The second-order valence-electron chi connectivity index (χ2n) is 4.87. The number of pyridine rings is 1. The topological polar surface area (TPSA) is 43.1 Å². The van der Waals surface area contributed by atoms with E-state index in [2.05, 4.69) is 15.0 Å². The van der Waals surface area contributed by atoms with Gasteiger partial charge in [-0.2, -0.15) is 0 Å². The highest BCUT2D eigenvalue weighted by atomic mass is 19.1. The molecule has 0 saturated carbocycles. The predicted molar refractivity (Wildman–Crippen MR) is 81.6 cm³/mol. The molecule has 0 spiro atoms. The summed E-state index contributed by atoms with van der Waals surface area (Å²) in [6, 6.07) is 10.5. The molecule has 0 bridgehead atoms. The van der Waals surface area contributed by atoms with E-state index in [1.54, 1.807) is 36.9 Å². The molecule has 0 N–H and O–H groups in total. The van der Waals surface area contributed by atoms with Gasteiger partial charge in [0.1, 0.15) is 5.82 Å². The Hall–Kier alpha value is -3.08. The van der Waals surface area contributed by atoms with Crippen molar-refractivity contribution < 1.29 is 4.39 Å². The van der Waals surface area contributed by atoms with Gasteiger partial charge in [0.25, 0.3) is 0 Å². The van der Waals surface area contributed by atoms with Crippen LogP contribution < -0.4 is 0 Å². The lowest BCUT2D eigenvalue weighted by molar-refractivity contribution is 0.631. The third-order valence-electron chi connectivity index (χ3n) is 3.52. The fourth-order valence-corrected chi connectivity index (χ4v) is 2.47. The second kappa shape index (κ2) is 5.04. The van der Waals surface area contributed by atoms with Gasteiger partial charge in [0.15, 0.2) is 0 Å². The Labute approximate surface area is 125 Å². The third-order valence-corrected chi connectivity index (χ3v) is 3.52. The number of halogens is 1. The SMILES string of the molecule is Fc1ccc(-c2cnc3ncccn23)cc1-c1cccnc1. The Kier molecular flexibility index (Phi) is 2.89. The normalized spacial score (nSPS) is 11.0. The van der Waals surface area contributed by atoms with Crippen LogP contribution in [0, 0.1) is 5.82 Å². The van der Waals surface area contributed by atoms with Crippen LogP contribution in [0.25, 0.3) is 28.2 Å². The molecule has 1 aromatic carbocycles. The van der Waals surface area contributed by atoms with E-state index in [0.717, 1.165) is 16.8 Å². The van der Waals surface area contributed by atoms with Crippen molar-refractivity contribution in [2.45, 2.75) is 0 Å². The summed E-state index contributed by atoms with van der Waals surface area (Å²) in [6.45, 7) is 0. The average Bonchev–Trinajstić information content (AvgIpc) is 3.00. The standard InChI is InChI=1S/C17H11FN4/c18-15-5-4-12(9-14(15)13-3-1-6-19-10-13)16-11-21-17-20-7-2-8-22(16)17/h1-11H. The van der Waals surface area contributed by atoms with Gasteiger partial charge in [-0.1, -0.05) is 6.07 Å². The van der Waals surface area contributed by atoms with Gasteiger partial charge in [0, 0.05) is 41.5 Å². The van der Waals surface area contributed by atoms with Crippen molar-refractivity contribution in [3.8, 4) is 22.4 Å². The lowest BCUT2D eigenvalue weighted by atomic mass is 10.0. The lowest BCUT2D eigenvalue weighted by Gasteiger charge is -2.07. The van der Waals surface area contributed by atoms with Gasteiger partial charge in [0.05, 0.1) is 11.9 Å². The molecule has 3 heterocycles. The van der Waals surface area contributed by atoms with Crippen LogP contribution in [-0.2, 0) is 0 Å². The zero-order valence-corrected chi connectivity index (χ0v) is 11.5. The number of nitrogens with zero attached hydrogens (tertiary/aromatic N) is 4. The minimum Gasteiger partial charge on any atom is -0.284 e. The van der Waals surface area contributed by atoms with Crippen LogP contribution >= 0.6 is 0 Å². The maximum atomic E-state index is 14.1. The fraction of sp³-hybridized carbons (Fsp3) is 0. The molecular weight excluding hydrogens is 279 g/mol. The zero-order valence-electron chi connectivity index (χ0n) is 11.5. The summed E-state index contributed by atoms with van der Waals surface area (Å²) in [4.78, 5) is 12.5. The lowest BCUT2D eigenvalue weighted by Crippen LogP contribution is -1.91. The molecule has 0 amide bonds. The molecular formula is C17H11FN4. The maximum Gasteiger partial charge on any atom is 0.234 e. The molecule has 4 aromatic rings. The highest BCUT2D eigenvalue weighted by Gasteiger charge is 2.11. The molecule has 3 aromatic heterocycles. The molecule has 0 saturated heterocycles. The Balaban J connectivity index is 1.90. The number of hydrogen-bond donors (Lipinski definition) is 0. The van der Waals surface area contributed by atoms with Gasteiger partial charge >= 0.3 is 0 Å². The van der Waals surface area contributed by atoms with Crippen molar-refractivity contribution in [3.63, 3.8) is 0 Å². The molecule has 0 aliphatic rings. The van der Waals surface area contributed by atoms with E-state index >= 15 is 0 Å². The zero-order chi connectivity index (χ0) is 14.9. The summed E-state index contributed by atoms with van der Waals surface area (Å²) >= 11 is 0. The molecule has 0 radical (unpaired) electrons. The molecule has 0 fully saturated rings. The average molecular weight is 290 g/mol. The summed E-state index contributed by atoms with van der Waals surface area (Å²) < 4.78 is 16.0. The van der Waals surface area contributed by atoms with Gasteiger partial charge in [-0.15, -0.1) is 0 Å². The number of fused-ring (bicyclic) bond motifs is 1. The minimum absolute atomic E-state index is 0.274. The van der Waals surface area contributed by atoms with E-state index in [-0.39, 0.29) is 5.82 Å². The van der Waals surface area contributed by atoms with E-state index in [4.69, 9.17) is 0 Å². The first kappa shape index (κ1) is 12.6. The number of aromatic nitrogens is 4. The van der Waals surface area contributed by atoms with Crippen molar-refractivity contribution in [2.75, 3.05) is 0 Å². The van der Waals surface area contributed by atoms with Crippen LogP contribution in [-0.4, -0.2) is 19.4 Å². The summed E-state index contributed by atoms with van der Waals surface area (Å²) in [5, 5.41) is 0. The monoisotopic (exact) mass is 290 g/mol. The number of benzene rings is 1. The van der Waals surface area contributed by atoms with Crippen molar-refractivity contribution in [2.24, 2.45) is 0 Å². The Morgan fingerprint density at radius 2 is 1.86 bits per heavy atom. The van der Waals surface area contributed by atoms with E-state index in [1.807, 2.05) is 28.8 Å². The third kappa shape index (κ3) is 2.03. The Morgan fingerprint density at radius 1 is 0.909 bits per heavy atom. The Bertz CT molecular complexity index is 947. The second-order valence-corrected chi connectivity index (χ2v) is 4.87. The van der Waals surface area contributed by atoms with Crippen molar-refractivity contribution in [3.05, 3.63) is 73.2 Å². The van der Waals surface area contributed by atoms with Crippen LogP contribution in [0.15, 0.2) is 67.4 Å². The van der Waals surface area contributed by atoms with Gasteiger partial charge < -0.3 is 0 Å². The molecule has 0 unspecified atom stereocenters. The first-order chi connectivity index (χ1) is 10.8. The van der Waals surface area contributed by atoms with E-state index in [0.29, 0.717) is 11.3 Å². The van der Waals surface area contributed by atoms with Gasteiger partial charge in [0.2, 0.25) is 5.78 Å². The highest BCUT2D eigenvalue weighted by molar-refractivity contribution is 5.72. The summed E-state index contributed by atoms with van der Waals surface area (Å²) in [7, 11) is 0. The molecule has 22 heavy (non-hydrogen) atoms. The number of imidazole rings is 1. The molecule has 0 aliphatic heterocycles. The molecule has 0 aliphatic carbocycles.